The quantitative estimate of drug-likeness (QED) is 0.789. The molecule has 1 aliphatic carbocycles. The smallest absolute Gasteiger partial charge is 0.360 e. The molecule has 0 amide bonds. The third kappa shape index (κ3) is 2.61. The molecule has 0 aliphatic heterocycles. The van der Waals surface area contributed by atoms with Crippen LogP contribution in [0, 0.1) is 5.41 Å². The van der Waals surface area contributed by atoms with Crippen LogP contribution >= 0.6 is 11.3 Å². The topological polar surface area (TPSA) is 46.8 Å². The number of fused-ring (bicyclic) bond motifs is 3. The Hall–Kier alpha value is -1.56. The zero-order chi connectivity index (χ0) is 17.9. The zero-order valence-electron chi connectivity index (χ0n) is 15.7. The van der Waals surface area contributed by atoms with E-state index in [-0.39, 0.29) is 16.8 Å². The maximum atomic E-state index is 12.3. The molecule has 6 heteroatoms. The Labute approximate surface area is 147 Å². The molecule has 1 aliphatic rings. The van der Waals surface area contributed by atoms with E-state index in [2.05, 4.69) is 37.1 Å². The molecular weight excluding hydrogens is 322 g/mol. The number of carbonyl (C=O) groups is 1. The predicted octanol–water partition coefficient (Wildman–Crippen LogP) is 3.89. The zero-order valence-corrected chi connectivity index (χ0v) is 16.5. The lowest BCUT2D eigenvalue weighted by Gasteiger charge is -2.40. The van der Waals surface area contributed by atoms with Crippen LogP contribution in [0.3, 0.4) is 0 Å². The fraction of sp³-hybridized carbons (Fsp3) is 0.667. The molecule has 3 rings (SSSR count). The van der Waals surface area contributed by atoms with Gasteiger partial charge in [0.05, 0.1) is 6.61 Å². The fourth-order valence-electron chi connectivity index (χ4n) is 4.18. The van der Waals surface area contributed by atoms with Gasteiger partial charge in [0, 0.05) is 30.1 Å². The Morgan fingerprint density at radius 2 is 2.00 bits per heavy atom. The molecule has 0 bridgehead atoms. The fourth-order valence-corrected chi connectivity index (χ4v) is 5.42. The minimum absolute atomic E-state index is 0.121. The van der Waals surface area contributed by atoms with Crippen molar-refractivity contribution in [2.45, 2.75) is 52.9 Å². The summed E-state index contributed by atoms with van der Waals surface area (Å²) in [6.45, 7) is 11.4. The molecule has 0 aromatic carbocycles. The van der Waals surface area contributed by atoms with Crippen LogP contribution in [-0.4, -0.2) is 36.1 Å². The second-order valence-corrected chi connectivity index (χ2v) is 9.27. The van der Waals surface area contributed by atoms with Crippen LogP contribution in [0.25, 0.3) is 4.96 Å². The van der Waals surface area contributed by atoms with Gasteiger partial charge >= 0.3 is 5.97 Å². The van der Waals surface area contributed by atoms with Crippen molar-refractivity contribution in [1.29, 1.82) is 0 Å². The van der Waals surface area contributed by atoms with Crippen molar-refractivity contribution in [2.24, 2.45) is 5.41 Å². The molecule has 0 saturated heterocycles. The third-order valence-electron chi connectivity index (χ3n) is 4.62. The van der Waals surface area contributed by atoms with Gasteiger partial charge in [-0.05, 0) is 25.2 Å². The van der Waals surface area contributed by atoms with Crippen molar-refractivity contribution >= 4 is 28.1 Å². The van der Waals surface area contributed by atoms with E-state index in [1.807, 2.05) is 25.9 Å². The van der Waals surface area contributed by atoms with Crippen LogP contribution in [0.4, 0.5) is 5.82 Å². The van der Waals surface area contributed by atoms with Gasteiger partial charge < -0.3 is 9.64 Å². The Morgan fingerprint density at radius 1 is 1.33 bits per heavy atom. The van der Waals surface area contributed by atoms with Gasteiger partial charge in [0.2, 0.25) is 0 Å². The van der Waals surface area contributed by atoms with E-state index in [4.69, 9.17) is 4.74 Å². The summed E-state index contributed by atoms with van der Waals surface area (Å²) in [6.07, 6.45) is 2.14. The Kier molecular flexibility index (Phi) is 3.94. The number of nitrogens with zero attached hydrogens (tertiary/aromatic N) is 3. The number of hydrogen-bond acceptors (Lipinski definition) is 5. The number of ether oxygens (including phenoxy) is 1. The van der Waals surface area contributed by atoms with Gasteiger partial charge in [0.1, 0.15) is 5.82 Å². The third-order valence-corrected chi connectivity index (χ3v) is 6.07. The van der Waals surface area contributed by atoms with Gasteiger partial charge in [-0.15, -0.1) is 11.3 Å². The molecule has 0 saturated carbocycles. The van der Waals surface area contributed by atoms with Gasteiger partial charge in [0.15, 0.2) is 10.7 Å². The normalized spacial score (nSPS) is 18.5. The first-order valence-electron chi connectivity index (χ1n) is 8.46. The minimum atomic E-state index is -0.347. The van der Waals surface area contributed by atoms with Gasteiger partial charge in [0.25, 0.3) is 0 Å². The summed E-state index contributed by atoms with van der Waals surface area (Å²) in [7, 11) is 3.91. The molecule has 0 unspecified atom stereocenters. The summed E-state index contributed by atoms with van der Waals surface area (Å²) in [6, 6.07) is 0. The van der Waals surface area contributed by atoms with E-state index in [9.17, 15) is 4.79 Å². The molecule has 2 heterocycles. The van der Waals surface area contributed by atoms with E-state index >= 15 is 0 Å². The molecule has 24 heavy (non-hydrogen) atoms. The lowest BCUT2D eigenvalue weighted by atomic mass is 9.67. The first-order chi connectivity index (χ1) is 11.1. The maximum Gasteiger partial charge on any atom is 0.360 e. The molecule has 0 fully saturated rings. The number of hydrogen-bond donors (Lipinski definition) is 0. The maximum absolute atomic E-state index is 12.3. The SMILES string of the molecule is CCOC(=O)c1nc2sc3c(n2c1N(C)C)CC(C)(C)CC3(C)C. The molecule has 132 valence electrons. The summed E-state index contributed by atoms with van der Waals surface area (Å²) in [5.41, 5.74) is 2.05. The summed E-state index contributed by atoms with van der Waals surface area (Å²) in [4.78, 5) is 21.2. The minimum Gasteiger partial charge on any atom is -0.461 e. The van der Waals surface area contributed by atoms with Crippen molar-refractivity contribution in [2.75, 3.05) is 25.6 Å². The van der Waals surface area contributed by atoms with Crippen molar-refractivity contribution in [3.05, 3.63) is 16.3 Å². The second-order valence-electron chi connectivity index (χ2n) is 8.30. The first-order valence-corrected chi connectivity index (χ1v) is 9.28. The van der Waals surface area contributed by atoms with E-state index < -0.39 is 0 Å². The van der Waals surface area contributed by atoms with Crippen molar-refractivity contribution in [3.63, 3.8) is 0 Å². The second kappa shape index (κ2) is 5.48. The highest BCUT2D eigenvalue weighted by Crippen LogP contribution is 2.49. The Bertz CT molecular complexity index is 799. The summed E-state index contributed by atoms with van der Waals surface area (Å²) < 4.78 is 7.38. The summed E-state index contributed by atoms with van der Waals surface area (Å²) >= 11 is 1.71. The Morgan fingerprint density at radius 3 is 2.58 bits per heavy atom. The number of aromatic nitrogens is 2. The predicted molar refractivity (Wildman–Crippen MR) is 98.5 cm³/mol. The molecule has 0 atom stereocenters. The lowest BCUT2D eigenvalue weighted by molar-refractivity contribution is 0.0521. The van der Waals surface area contributed by atoms with Crippen LogP contribution in [0.5, 0.6) is 0 Å². The highest BCUT2D eigenvalue weighted by Gasteiger charge is 2.41. The number of carbonyl (C=O) groups excluding carboxylic acids is 1. The van der Waals surface area contributed by atoms with Crippen LogP contribution in [0.15, 0.2) is 0 Å². The van der Waals surface area contributed by atoms with E-state index in [1.54, 1.807) is 11.3 Å². The number of anilines is 1. The van der Waals surface area contributed by atoms with Gasteiger partial charge in [-0.3, -0.25) is 4.40 Å². The summed E-state index contributed by atoms with van der Waals surface area (Å²) in [5.74, 6) is 0.481. The largest absolute Gasteiger partial charge is 0.461 e. The number of imidazole rings is 1. The number of thiazole rings is 1. The Balaban J connectivity index is 2.28. The standard InChI is InChI=1S/C18H27N3O2S/c1-8-23-15(22)12-14(20(6)7)21-11-9-17(2,3)10-18(4,5)13(11)24-16(21)19-12/h8-10H2,1-7H3. The monoisotopic (exact) mass is 349 g/mol. The average Bonchev–Trinajstić information content (AvgIpc) is 2.94. The van der Waals surface area contributed by atoms with Crippen molar-refractivity contribution in [3.8, 4) is 0 Å². The van der Waals surface area contributed by atoms with E-state index in [1.165, 1.54) is 10.6 Å². The van der Waals surface area contributed by atoms with Crippen molar-refractivity contribution in [1.82, 2.24) is 9.38 Å². The lowest BCUT2D eigenvalue weighted by Crippen LogP contribution is -2.34. The van der Waals surface area contributed by atoms with Crippen LogP contribution in [0.1, 0.15) is 62.1 Å². The van der Waals surface area contributed by atoms with Gasteiger partial charge in [-0.2, -0.15) is 0 Å². The van der Waals surface area contributed by atoms with Crippen LogP contribution in [0.2, 0.25) is 0 Å². The molecule has 2 aromatic rings. The highest BCUT2D eigenvalue weighted by molar-refractivity contribution is 7.17. The van der Waals surface area contributed by atoms with Crippen molar-refractivity contribution < 1.29 is 9.53 Å². The van der Waals surface area contributed by atoms with E-state index in [0.717, 1.165) is 23.6 Å². The molecule has 2 aromatic heterocycles. The van der Waals surface area contributed by atoms with Gasteiger partial charge in [-0.1, -0.05) is 27.7 Å². The van der Waals surface area contributed by atoms with Crippen LogP contribution < -0.4 is 4.90 Å². The van der Waals surface area contributed by atoms with Crippen LogP contribution in [-0.2, 0) is 16.6 Å². The van der Waals surface area contributed by atoms with E-state index in [0.29, 0.717) is 12.3 Å². The number of rotatable bonds is 3. The van der Waals surface area contributed by atoms with Gasteiger partial charge in [-0.25, -0.2) is 9.78 Å². The molecule has 0 N–H and O–H groups in total. The molecule has 0 radical (unpaired) electrons. The average molecular weight is 350 g/mol. The molecule has 5 nitrogen and oxygen atoms in total. The highest BCUT2D eigenvalue weighted by atomic mass is 32.1. The number of esters is 1. The first kappa shape index (κ1) is 17.3. The molecular formula is C18H27N3O2S. The summed E-state index contributed by atoms with van der Waals surface area (Å²) in [5, 5.41) is 0. The molecule has 0 spiro atoms.